The summed E-state index contributed by atoms with van der Waals surface area (Å²) in [5.41, 5.74) is 1.07. The van der Waals surface area contributed by atoms with Crippen molar-refractivity contribution in [3.05, 3.63) is 53.7 Å². The average molecular weight is 370 g/mol. The van der Waals surface area contributed by atoms with E-state index < -0.39 is 17.9 Å². The number of carbonyl (C=O) groups excluding carboxylic acids is 1. The van der Waals surface area contributed by atoms with E-state index in [1.807, 2.05) is 0 Å². The predicted octanol–water partition coefficient (Wildman–Crippen LogP) is 2.45. The van der Waals surface area contributed by atoms with Crippen LogP contribution in [-0.2, 0) is 4.79 Å². The lowest BCUT2D eigenvalue weighted by Gasteiger charge is -2.14. The van der Waals surface area contributed by atoms with Crippen molar-refractivity contribution in [1.82, 2.24) is 10.3 Å². The smallest absolute Gasteiger partial charge is 0.330 e. The fraction of sp³-hybridized carbons (Fsp3) is 0.158. The normalized spacial score (nSPS) is 11.8. The zero-order valence-electron chi connectivity index (χ0n) is 14.6. The number of aliphatic carboxylic acids is 1. The first kappa shape index (κ1) is 18.1. The first-order valence-electron chi connectivity index (χ1n) is 8.01. The van der Waals surface area contributed by atoms with E-state index in [2.05, 4.69) is 10.3 Å². The molecule has 0 spiro atoms. The second-order valence-corrected chi connectivity index (χ2v) is 5.78. The van der Waals surface area contributed by atoms with Crippen molar-refractivity contribution in [2.75, 3.05) is 14.2 Å². The number of aromatic amines is 1. The zero-order valence-corrected chi connectivity index (χ0v) is 14.6. The number of ether oxygens (including phenoxy) is 2. The van der Waals surface area contributed by atoms with Gasteiger partial charge in [-0.3, -0.25) is 4.79 Å². The summed E-state index contributed by atoms with van der Waals surface area (Å²) in [6.45, 7) is 0. The Kier molecular flexibility index (Phi) is 4.89. The SMILES string of the molecule is COc1ccc(OC)c2[nH]c(C(=O)NC(C(=O)O)c3ccc(O)cc3)cc12. The number of carboxylic acids is 1. The number of carbonyl (C=O) groups is 2. The maximum Gasteiger partial charge on any atom is 0.330 e. The molecule has 0 saturated heterocycles. The summed E-state index contributed by atoms with van der Waals surface area (Å²) in [7, 11) is 3.02. The molecule has 0 saturated carbocycles. The molecule has 0 radical (unpaired) electrons. The van der Waals surface area contributed by atoms with E-state index in [4.69, 9.17) is 9.47 Å². The molecular weight excluding hydrogens is 352 g/mol. The molecule has 8 nitrogen and oxygen atoms in total. The van der Waals surface area contributed by atoms with Crippen molar-refractivity contribution >= 4 is 22.8 Å². The lowest BCUT2D eigenvalue weighted by atomic mass is 10.1. The largest absolute Gasteiger partial charge is 0.508 e. The van der Waals surface area contributed by atoms with Gasteiger partial charge in [0.25, 0.3) is 5.91 Å². The van der Waals surface area contributed by atoms with E-state index in [0.717, 1.165) is 0 Å². The van der Waals surface area contributed by atoms with Crippen LogP contribution < -0.4 is 14.8 Å². The van der Waals surface area contributed by atoms with Gasteiger partial charge < -0.3 is 30.0 Å². The fourth-order valence-electron chi connectivity index (χ4n) is 2.80. The lowest BCUT2D eigenvalue weighted by molar-refractivity contribution is -0.139. The summed E-state index contributed by atoms with van der Waals surface area (Å²) in [4.78, 5) is 27.2. The fourth-order valence-corrected chi connectivity index (χ4v) is 2.80. The van der Waals surface area contributed by atoms with Crippen LogP contribution in [0.15, 0.2) is 42.5 Å². The number of hydrogen-bond donors (Lipinski definition) is 4. The summed E-state index contributed by atoms with van der Waals surface area (Å²) in [6, 6.07) is 9.31. The molecule has 1 unspecified atom stereocenters. The number of carboxylic acid groups (broad SMARTS) is 1. The minimum atomic E-state index is -1.27. The number of methoxy groups -OCH3 is 2. The number of amides is 1. The lowest BCUT2D eigenvalue weighted by Crippen LogP contribution is -2.33. The van der Waals surface area contributed by atoms with Gasteiger partial charge in [0.05, 0.1) is 19.7 Å². The Bertz CT molecular complexity index is 952. The van der Waals surface area contributed by atoms with Crippen LogP contribution in [0.4, 0.5) is 0 Å². The molecule has 3 aromatic rings. The minimum absolute atomic E-state index is 0.00372. The Morgan fingerprint density at radius 1 is 1.04 bits per heavy atom. The van der Waals surface area contributed by atoms with Gasteiger partial charge in [0.1, 0.15) is 22.9 Å². The van der Waals surface area contributed by atoms with Gasteiger partial charge in [0.15, 0.2) is 6.04 Å². The number of H-pyrrole nitrogens is 1. The first-order valence-corrected chi connectivity index (χ1v) is 8.01. The van der Waals surface area contributed by atoms with Gasteiger partial charge in [-0.15, -0.1) is 0 Å². The molecule has 0 fully saturated rings. The van der Waals surface area contributed by atoms with Crippen molar-refractivity contribution in [3.8, 4) is 17.2 Å². The molecule has 140 valence electrons. The third kappa shape index (κ3) is 3.50. The summed E-state index contributed by atoms with van der Waals surface area (Å²) in [5.74, 6) is -0.743. The van der Waals surface area contributed by atoms with Gasteiger partial charge in [0.2, 0.25) is 0 Å². The molecule has 0 aliphatic heterocycles. The molecule has 3 rings (SSSR count). The standard InChI is InChI=1S/C19H18N2O6/c1-26-14-7-8-15(27-2)17-12(14)9-13(20-17)18(23)21-16(19(24)25)10-3-5-11(22)6-4-10/h3-9,16,20,22H,1-2H3,(H,21,23)(H,24,25). The molecule has 0 bridgehead atoms. The van der Waals surface area contributed by atoms with Crippen molar-refractivity contribution in [2.45, 2.75) is 6.04 Å². The van der Waals surface area contributed by atoms with E-state index >= 15 is 0 Å². The first-order chi connectivity index (χ1) is 12.9. The molecule has 0 aliphatic rings. The highest BCUT2D eigenvalue weighted by Crippen LogP contribution is 2.33. The minimum Gasteiger partial charge on any atom is -0.508 e. The van der Waals surface area contributed by atoms with Crippen LogP contribution in [-0.4, -0.2) is 41.3 Å². The number of fused-ring (bicyclic) bond motifs is 1. The van der Waals surface area contributed by atoms with Crippen molar-refractivity contribution in [3.63, 3.8) is 0 Å². The third-order valence-electron chi connectivity index (χ3n) is 4.15. The van der Waals surface area contributed by atoms with Crippen LogP contribution in [0.5, 0.6) is 17.2 Å². The number of rotatable bonds is 6. The van der Waals surface area contributed by atoms with Crippen molar-refractivity contribution in [1.29, 1.82) is 0 Å². The molecule has 27 heavy (non-hydrogen) atoms. The summed E-state index contributed by atoms with van der Waals surface area (Å²) in [6.07, 6.45) is 0. The molecular formula is C19H18N2O6. The van der Waals surface area contributed by atoms with E-state index in [9.17, 15) is 19.8 Å². The van der Waals surface area contributed by atoms with Gasteiger partial charge in [0, 0.05) is 5.39 Å². The second kappa shape index (κ2) is 7.28. The number of phenols is 1. The average Bonchev–Trinajstić information content (AvgIpc) is 3.11. The number of phenolic OH excluding ortho intramolecular Hbond substituents is 1. The third-order valence-corrected chi connectivity index (χ3v) is 4.15. The molecule has 0 aliphatic carbocycles. The van der Waals surface area contributed by atoms with E-state index in [1.54, 1.807) is 18.2 Å². The maximum atomic E-state index is 12.6. The van der Waals surface area contributed by atoms with Crippen LogP contribution in [0.1, 0.15) is 22.1 Å². The van der Waals surface area contributed by atoms with Gasteiger partial charge in [-0.2, -0.15) is 0 Å². The zero-order chi connectivity index (χ0) is 19.6. The number of nitrogens with one attached hydrogen (secondary N) is 2. The highest BCUT2D eigenvalue weighted by molar-refractivity contribution is 6.02. The highest BCUT2D eigenvalue weighted by Gasteiger charge is 2.24. The molecule has 2 aromatic carbocycles. The molecule has 8 heteroatoms. The van der Waals surface area contributed by atoms with Gasteiger partial charge in [-0.05, 0) is 35.9 Å². The molecule has 1 aromatic heterocycles. The van der Waals surface area contributed by atoms with Crippen LogP contribution in [0, 0.1) is 0 Å². The Morgan fingerprint density at radius 2 is 1.67 bits per heavy atom. The summed E-state index contributed by atoms with van der Waals surface area (Å²) in [5, 5.41) is 21.9. The van der Waals surface area contributed by atoms with Gasteiger partial charge in [-0.1, -0.05) is 12.1 Å². The summed E-state index contributed by atoms with van der Waals surface area (Å²) < 4.78 is 10.6. The maximum absolute atomic E-state index is 12.6. The highest BCUT2D eigenvalue weighted by atomic mass is 16.5. The Balaban J connectivity index is 1.94. The van der Waals surface area contributed by atoms with Crippen LogP contribution >= 0.6 is 0 Å². The number of aromatic hydroxyl groups is 1. The predicted molar refractivity (Wildman–Crippen MR) is 97.4 cm³/mol. The van der Waals surface area contributed by atoms with E-state index in [0.29, 0.717) is 28.0 Å². The number of aromatic nitrogens is 1. The van der Waals surface area contributed by atoms with Gasteiger partial charge in [-0.25, -0.2) is 4.79 Å². The molecule has 1 heterocycles. The Labute approximate surface area is 154 Å². The van der Waals surface area contributed by atoms with Gasteiger partial charge >= 0.3 is 5.97 Å². The van der Waals surface area contributed by atoms with Crippen LogP contribution in [0.2, 0.25) is 0 Å². The molecule has 1 atom stereocenters. The van der Waals surface area contributed by atoms with Crippen molar-refractivity contribution < 1.29 is 29.3 Å². The van der Waals surface area contributed by atoms with Crippen LogP contribution in [0.3, 0.4) is 0 Å². The topological polar surface area (TPSA) is 121 Å². The summed E-state index contributed by atoms with van der Waals surface area (Å²) >= 11 is 0. The Hall–Kier alpha value is -3.68. The number of benzene rings is 2. The Morgan fingerprint density at radius 3 is 2.26 bits per heavy atom. The van der Waals surface area contributed by atoms with E-state index in [1.165, 1.54) is 38.5 Å². The van der Waals surface area contributed by atoms with E-state index in [-0.39, 0.29) is 11.4 Å². The quantitative estimate of drug-likeness (QED) is 0.529. The second-order valence-electron chi connectivity index (χ2n) is 5.78. The van der Waals surface area contributed by atoms with Crippen molar-refractivity contribution in [2.24, 2.45) is 0 Å². The number of hydrogen-bond acceptors (Lipinski definition) is 5. The monoisotopic (exact) mass is 370 g/mol. The molecule has 4 N–H and O–H groups in total. The molecule has 1 amide bonds. The van der Waals surface area contributed by atoms with Crippen LogP contribution in [0.25, 0.3) is 10.9 Å².